The lowest BCUT2D eigenvalue weighted by Crippen LogP contribution is -2.56. The SMILES string of the molecule is CC(C(=O)O)(c1cc(F)c(Cl)cc1Cl)N1CCNCC1. The average Bonchev–Trinajstić information content (AvgIpc) is 2.42. The highest BCUT2D eigenvalue weighted by molar-refractivity contribution is 6.35. The molecule has 1 aromatic rings. The van der Waals surface area contributed by atoms with Crippen LogP contribution in [0.25, 0.3) is 0 Å². The summed E-state index contributed by atoms with van der Waals surface area (Å²) >= 11 is 11.8. The van der Waals surface area contributed by atoms with Crippen LogP contribution in [0.15, 0.2) is 12.1 Å². The molecule has 1 aliphatic rings. The van der Waals surface area contributed by atoms with Gasteiger partial charge in [0.2, 0.25) is 0 Å². The fraction of sp³-hybridized carbons (Fsp3) is 0.462. The first-order valence-corrected chi connectivity index (χ1v) is 6.97. The third kappa shape index (κ3) is 2.63. The zero-order chi connectivity index (χ0) is 14.9. The van der Waals surface area contributed by atoms with Crippen molar-refractivity contribution < 1.29 is 14.3 Å². The quantitative estimate of drug-likeness (QED) is 0.839. The van der Waals surface area contributed by atoms with E-state index in [0.29, 0.717) is 26.2 Å². The third-order valence-corrected chi connectivity index (χ3v) is 4.30. The van der Waals surface area contributed by atoms with Crippen LogP contribution in [0.1, 0.15) is 12.5 Å². The van der Waals surface area contributed by atoms with Crippen LogP contribution < -0.4 is 5.32 Å². The van der Waals surface area contributed by atoms with E-state index in [1.165, 1.54) is 13.0 Å². The molecule has 1 aliphatic heterocycles. The number of piperazine rings is 1. The lowest BCUT2D eigenvalue weighted by atomic mass is 9.89. The number of carboxylic acids is 1. The molecule has 1 fully saturated rings. The Bertz CT molecular complexity index is 535. The van der Waals surface area contributed by atoms with Gasteiger partial charge in [-0.25, -0.2) is 9.18 Å². The van der Waals surface area contributed by atoms with Gasteiger partial charge in [0.05, 0.1) is 5.02 Å². The first kappa shape index (κ1) is 15.5. The molecule has 0 aliphatic carbocycles. The molecule has 1 atom stereocenters. The van der Waals surface area contributed by atoms with Gasteiger partial charge in [0.15, 0.2) is 0 Å². The highest BCUT2D eigenvalue weighted by atomic mass is 35.5. The molecule has 4 nitrogen and oxygen atoms in total. The number of hydrogen-bond acceptors (Lipinski definition) is 3. The average molecular weight is 321 g/mol. The van der Waals surface area contributed by atoms with Crippen molar-refractivity contribution >= 4 is 29.2 Å². The van der Waals surface area contributed by atoms with Crippen LogP contribution in [0.4, 0.5) is 4.39 Å². The van der Waals surface area contributed by atoms with E-state index in [-0.39, 0.29) is 15.6 Å². The van der Waals surface area contributed by atoms with E-state index in [9.17, 15) is 14.3 Å². The van der Waals surface area contributed by atoms with Crippen molar-refractivity contribution in [3.63, 3.8) is 0 Å². The van der Waals surface area contributed by atoms with Gasteiger partial charge in [-0.1, -0.05) is 23.2 Å². The third-order valence-electron chi connectivity index (χ3n) is 3.70. The molecule has 0 spiro atoms. The summed E-state index contributed by atoms with van der Waals surface area (Å²) in [5.41, 5.74) is -1.17. The Kier molecular flexibility index (Phi) is 4.54. The van der Waals surface area contributed by atoms with Gasteiger partial charge in [-0.15, -0.1) is 0 Å². The maximum Gasteiger partial charge on any atom is 0.328 e. The van der Waals surface area contributed by atoms with Crippen LogP contribution in [-0.2, 0) is 10.3 Å². The Morgan fingerprint density at radius 1 is 1.35 bits per heavy atom. The van der Waals surface area contributed by atoms with E-state index in [1.54, 1.807) is 4.90 Å². The van der Waals surface area contributed by atoms with Crippen molar-refractivity contribution in [2.75, 3.05) is 26.2 Å². The number of hydrogen-bond donors (Lipinski definition) is 2. The lowest BCUT2D eigenvalue weighted by molar-refractivity contribution is -0.151. The van der Waals surface area contributed by atoms with E-state index < -0.39 is 17.3 Å². The Labute approximate surface area is 126 Å². The Hall–Kier alpha value is -0.880. The van der Waals surface area contributed by atoms with Gasteiger partial charge >= 0.3 is 5.97 Å². The van der Waals surface area contributed by atoms with Crippen molar-refractivity contribution in [2.24, 2.45) is 0 Å². The number of carboxylic acid groups (broad SMARTS) is 1. The van der Waals surface area contributed by atoms with Crippen molar-refractivity contribution in [3.05, 3.63) is 33.6 Å². The van der Waals surface area contributed by atoms with E-state index in [4.69, 9.17) is 23.2 Å². The van der Waals surface area contributed by atoms with Crippen molar-refractivity contribution in [3.8, 4) is 0 Å². The molecule has 7 heteroatoms. The molecule has 0 saturated carbocycles. The van der Waals surface area contributed by atoms with Gasteiger partial charge in [-0.05, 0) is 19.1 Å². The lowest BCUT2D eigenvalue weighted by Gasteiger charge is -2.41. The number of aliphatic carboxylic acids is 1. The zero-order valence-corrected chi connectivity index (χ0v) is 12.4. The molecular weight excluding hydrogens is 306 g/mol. The van der Waals surface area contributed by atoms with Gasteiger partial charge in [-0.2, -0.15) is 0 Å². The Morgan fingerprint density at radius 3 is 2.50 bits per heavy atom. The molecule has 1 saturated heterocycles. The second-order valence-electron chi connectivity index (χ2n) is 4.86. The minimum atomic E-state index is -1.38. The number of halogens is 3. The molecule has 1 unspecified atom stereocenters. The van der Waals surface area contributed by atoms with E-state index in [1.807, 2.05) is 0 Å². The maximum atomic E-state index is 13.7. The molecule has 110 valence electrons. The Morgan fingerprint density at radius 2 is 1.95 bits per heavy atom. The maximum absolute atomic E-state index is 13.7. The molecule has 0 bridgehead atoms. The van der Waals surface area contributed by atoms with Gasteiger partial charge in [0, 0.05) is 36.8 Å². The second-order valence-corrected chi connectivity index (χ2v) is 5.67. The molecule has 0 amide bonds. The number of carbonyl (C=O) groups is 1. The Balaban J connectivity index is 2.52. The van der Waals surface area contributed by atoms with Crippen LogP contribution in [0, 0.1) is 5.82 Å². The van der Waals surface area contributed by atoms with Crippen molar-refractivity contribution in [1.82, 2.24) is 10.2 Å². The molecule has 1 aromatic carbocycles. The van der Waals surface area contributed by atoms with Crippen LogP contribution in [0.5, 0.6) is 0 Å². The number of rotatable bonds is 3. The molecule has 2 N–H and O–H groups in total. The minimum absolute atomic E-state index is 0.119. The van der Waals surface area contributed by atoms with Gasteiger partial charge < -0.3 is 10.4 Å². The van der Waals surface area contributed by atoms with Gasteiger partial charge in [0.25, 0.3) is 0 Å². The summed E-state index contributed by atoms with van der Waals surface area (Å²) in [5, 5.41) is 12.8. The summed E-state index contributed by atoms with van der Waals surface area (Å²) in [6.07, 6.45) is 0. The smallest absolute Gasteiger partial charge is 0.328 e. The monoisotopic (exact) mass is 320 g/mol. The molecule has 20 heavy (non-hydrogen) atoms. The molecule has 1 heterocycles. The standard InChI is InChI=1S/C13H15Cl2FN2O2/c1-13(12(19)20,18-4-2-17-3-5-18)8-6-11(16)10(15)7-9(8)14/h6-7,17H,2-5H2,1H3,(H,19,20). The summed E-state index contributed by atoms with van der Waals surface area (Å²) in [6.45, 7) is 3.98. The second kappa shape index (κ2) is 5.85. The van der Waals surface area contributed by atoms with Crippen LogP contribution in [0.3, 0.4) is 0 Å². The predicted octanol–water partition coefficient (Wildman–Crippen LogP) is 2.34. The fourth-order valence-corrected chi connectivity index (χ4v) is 3.00. The largest absolute Gasteiger partial charge is 0.480 e. The van der Waals surface area contributed by atoms with E-state index in [2.05, 4.69) is 5.32 Å². The molecule has 0 aromatic heterocycles. The van der Waals surface area contributed by atoms with Crippen LogP contribution in [-0.4, -0.2) is 42.2 Å². The summed E-state index contributed by atoms with van der Waals surface area (Å²) in [7, 11) is 0. The summed E-state index contributed by atoms with van der Waals surface area (Å²) < 4.78 is 13.7. The van der Waals surface area contributed by atoms with Crippen molar-refractivity contribution in [2.45, 2.75) is 12.5 Å². The van der Waals surface area contributed by atoms with Crippen LogP contribution >= 0.6 is 23.2 Å². The summed E-state index contributed by atoms with van der Waals surface area (Å²) in [4.78, 5) is 13.6. The normalized spacial score (nSPS) is 19.6. The predicted molar refractivity (Wildman–Crippen MR) is 75.9 cm³/mol. The minimum Gasteiger partial charge on any atom is -0.480 e. The van der Waals surface area contributed by atoms with Crippen molar-refractivity contribution in [1.29, 1.82) is 0 Å². The van der Waals surface area contributed by atoms with Crippen LogP contribution in [0.2, 0.25) is 10.0 Å². The van der Waals surface area contributed by atoms with E-state index >= 15 is 0 Å². The van der Waals surface area contributed by atoms with Gasteiger partial charge in [0.1, 0.15) is 11.4 Å². The summed E-state index contributed by atoms with van der Waals surface area (Å²) in [5.74, 6) is -1.74. The first-order chi connectivity index (χ1) is 9.37. The molecular formula is C13H15Cl2FN2O2. The van der Waals surface area contributed by atoms with E-state index in [0.717, 1.165) is 6.07 Å². The molecule has 0 radical (unpaired) electrons. The zero-order valence-electron chi connectivity index (χ0n) is 10.9. The topological polar surface area (TPSA) is 52.6 Å². The highest BCUT2D eigenvalue weighted by Gasteiger charge is 2.43. The molecule has 2 rings (SSSR count). The number of benzene rings is 1. The first-order valence-electron chi connectivity index (χ1n) is 6.21. The van der Waals surface area contributed by atoms with Gasteiger partial charge in [-0.3, -0.25) is 4.90 Å². The highest BCUT2D eigenvalue weighted by Crippen LogP contribution is 2.36. The number of nitrogens with one attached hydrogen (secondary N) is 1. The summed E-state index contributed by atoms with van der Waals surface area (Å²) in [6, 6.07) is 2.36. The fourth-order valence-electron chi connectivity index (χ4n) is 2.43. The number of nitrogens with zero attached hydrogens (tertiary/aromatic N) is 1.